The van der Waals surface area contributed by atoms with Crippen molar-refractivity contribution < 1.29 is 16.8 Å². The zero-order valence-corrected chi connectivity index (χ0v) is 18.6. The third kappa shape index (κ3) is 15.1. The van der Waals surface area contributed by atoms with Crippen molar-refractivity contribution in [2.75, 3.05) is 6.61 Å². The van der Waals surface area contributed by atoms with Crippen LogP contribution in [0, 0.1) is 0 Å². The molecule has 0 atom stereocenters. The summed E-state index contributed by atoms with van der Waals surface area (Å²) in [5, 5.41) is 0. The van der Waals surface area contributed by atoms with Gasteiger partial charge in [0.05, 0.1) is 13.2 Å². The smallest absolute Gasteiger partial charge is 0.248 e. The minimum Gasteiger partial charge on any atom is -0.248 e. The second-order valence-corrected chi connectivity index (χ2v) is 7.45. The van der Waals surface area contributed by atoms with E-state index in [4.69, 9.17) is 8.37 Å². The summed E-state index contributed by atoms with van der Waals surface area (Å²) in [5.41, 5.74) is 0.809. The molecule has 138 valence electrons. The molecular weight excluding hydrogens is 364 g/mol. The first kappa shape index (κ1) is 25.3. The Labute approximate surface area is 184 Å². The van der Waals surface area contributed by atoms with E-state index in [9.17, 15) is 8.42 Å². The van der Waals surface area contributed by atoms with Crippen molar-refractivity contribution in [1.82, 2.24) is 0 Å². The molecular formula is C19H32CaO4S+2. The zero-order chi connectivity index (χ0) is 17.5. The molecule has 1 rings (SSSR count). The molecule has 4 nitrogen and oxygen atoms in total. The Hall–Kier alpha value is 0.350. The fraction of sp³-hybridized carbons (Fsp3) is 0.684. The minimum absolute atomic E-state index is 0. The molecule has 0 aliphatic carbocycles. The Morgan fingerprint density at radius 3 is 1.84 bits per heavy atom. The van der Waals surface area contributed by atoms with Crippen LogP contribution < -0.4 is 0 Å². The molecule has 0 aliphatic heterocycles. The molecule has 6 heteroatoms. The van der Waals surface area contributed by atoms with Crippen molar-refractivity contribution in [1.29, 1.82) is 0 Å². The molecule has 0 saturated carbocycles. The Balaban J connectivity index is 0.00000576. The molecule has 0 heterocycles. The molecule has 0 spiro atoms. The third-order valence-corrected chi connectivity index (χ3v) is 4.80. The number of benzene rings is 1. The fourth-order valence-electron chi connectivity index (χ4n) is 2.50. The first-order valence-electron chi connectivity index (χ1n) is 9.22. The van der Waals surface area contributed by atoms with Crippen molar-refractivity contribution >= 4 is 48.1 Å². The summed E-state index contributed by atoms with van der Waals surface area (Å²) in [6.07, 6.45) is 12.1. The predicted octanol–water partition coefficient (Wildman–Crippen LogP) is 5.00. The number of hydrogen-bond acceptors (Lipinski definition) is 4. The van der Waals surface area contributed by atoms with Gasteiger partial charge in [0, 0.05) is 0 Å². The van der Waals surface area contributed by atoms with Gasteiger partial charge in [-0.15, -0.1) is 0 Å². The molecule has 1 aromatic rings. The molecule has 0 saturated heterocycles. The maximum Gasteiger partial charge on any atom is 2.00 e. The average molecular weight is 397 g/mol. The van der Waals surface area contributed by atoms with Crippen molar-refractivity contribution in [2.45, 2.75) is 77.7 Å². The standard InChI is InChI=1S/C19H32O4S.Ca/c1-2-3-4-5-6-7-8-9-10-14-17-22-24(20,21)23-18-19-15-12-11-13-16-19;/h11-13,15-16H,2-10,14,17-18H2,1H3;/q;+2. The van der Waals surface area contributed by atoms with Gasteiger partial charge < -0.3 is 0 Å². The van der Waals surface area contributed by atoms with Gasteiger partial charge in [0.1, 0.15) is 0 Å². The normalized spacial score (nSPS) is 11.2. The van der Waals surface area contributed by atoms with Gasteiger partial charge in [-0.3, -0.25) is 0 Å². The zero-order valence-electron chi connectivity index (χ0n) is 15.6. The molecule has 0 bridgehead atoms. The van der Waals surface area contributed by atoms with Crippen LogP contribution in [-0.2, 0) is 25.4 Å². The first-order valence-corrected chi connectivity index (χ1v) is 10.5. The third-order valence-electron chi connectivity index (χ3n) is 3.94. The van der Waals surface area contributed by atoms with E-state index in [1.165, 1.54) is 44.9 Å². The van der Waals surface area contributed by atoms with Crippen LogP contribution in [0.1, 0.15) is 76.7 Å². The van der Waals surface area contributed by atoms with Crippen LogP contribution in [0.5, 0.6) is 0 Å². The SMILES string of the molecule is CCCCCCCCCCCCOS(=O)(=O)OCc1ccccc1.[Ca+2]. The number of unbranched alkanes of at least 4 members (excludes halogenated alkanes) is 9. The fourth-order valence-corrected chi connectivity index (χ4v) is 3.17. The topological polar surface area (TPSA) is 52.6 Å². The average Bonchev–Trinajstić information content (AvgIpc) is 2.59. The van der Waals surface area contributed by atoms with Crippen LogP contribution in [0.2, 0.25) is 0 Å². The maximum absolute atomic E-state index is 11.6. The summed E-state index contributed by atoms with van der Waals surface area (Å²) in [4.78, 5) is 0. The predicted molar refractivity (Wildman–Crippen MR) is 104 cm³/mol. The number of rotatable bonds is 15. The molecule has 0 N–H and O–H groups in total. The number of hydrogen-bond donors (Lipinski definition) is 0. The minimum atomic E-state index is -3.89. The second-order valence-electron chi connectivity index (χ2n) is 6.16. The Kier molecular flexibility index (Phi) is 16.7. The van der Waals surface area contributed by atoms with E-state index in [2.05, 4.69) is 6.92 Å². The van der Waals surface area contributed by atoms with E-state index in [1.54, 1.807) is 0 Å². The summed E-state index contributed by atoms with van der Waals surface area (Å²) in [5.74, 6) is 0. The largest absolute Gasteiger partial charge is 2.00 e. The van der Waals surface area contributed by atoms with Crippen LogP contribution in [0.3, 0.4) is 0 Å². The maximum atomic E-state index is 11.6. The first-order chi connectivity index (χ1) is 11.6. The summed E-state index contributed by atoms with van der Waals surface area (Å²) >= 11 is 0. The van der Waals surface area contributed by atoms with Crippen LogP contribution >= 0.6 is 0 Å². The second kappa shape index (κ2) is 16.5. The van der Waals surface area contributed by atoms with Crippen molar-refractivity contribution in [3.8, 4) is 0 Å². The Morgan fingerprint density at radius 2 is 1.28 bits per heavy atom. The Morgan fingerprint density at radius 1 is 0.760 bits per heavy atom. The van der Waals surface area contributed by atoms with Gasteiger partial charge in [-0.1, -0.05) is 95.0 Å². The van der Waals surface area contributed by atoms with Crippen molar-refractivity contribution in [2.24, 2.45) is 0 Å². The quantitative estimate of drug-likeness (QED) is 0.309. The molecule has 1 aromatic carbocycles. The van der Waals surface area contributed by atoms with E-state index >= 15 is 0 Å². The summed E-state index contributed by atoms with van der Waals surface area (Å²) < 4.78 is 33.0. The van der Waals surface area contributed by atoms with E-state index < -0.39 is 10.4 Å². The van der Waals surface area contributed by atoms with Crippen LogP contribution in [0.25, 0.3) is 0 Å². The van der Waals surface area contributed by atoms with Gasteiger partial charge in [-0.05, 0) is 12.0 Å². The van der Waals surface area contributed by atoms with Gasteiger partial charge >= 0.3 is 48.1 Å². The van der Waals surface area contributed by atoms with Crippen molar-refractivity contribution in [3.63, 3.8) is 0 Å². The van der Waals surface area contributed by atoms with Crippen LogP contribution in [0.15, 0.2) is 30.3 Å². The van der Waals surface area contributed by atoms with Gasteiger partial charge in [0.25, 0.3) is 0 Å². The molecule has 25 heavy (non-hydrogen) atoms. The van der Waals surface area contributed by atoms with E-state index in [0.717, 1.165) is 24.8 Å². The van der Waals surface area contributed by atoms with Gasteiger partial charge in [-0.25, -0.2) is 8.37 Å². The van der Waals surface area contributed by atoms with E-state index in [1.807, 2.05) is 30.3 Å². The van der Waals surface area contributed by atoms with Crippen molar-refractivity contribution in [3.05, 3.63) is 35.9 Å². The van der Waals surface area contributed by atoms with Crippen LogP contribution in [0.4, 0.5) is 0 Å². The molecule has 0 aromatic heterocycles. The van der Waals surface area contributed by atoms with E-state index in [0.29, 0.717) is 0 Å². The molecule has 0 amide bonds. The summed E-state index contributed by atoms with van der Waals surface area (Å²) in [6, 6.07) is 9.20. The Bertz CT molecular complexity index is 505. The van der Waals surface area contributed by atoms with Gasteiger partial charge in [0.2, 0.25) is 0 Å². The van der Waals surface area contributed by atoms with E-state index in [-0.39, 0.29) is 51.0 Å². The molecule has 0 fully saturated rings. The molecule has 0 unspecified atom stereocenters. The molecule has 0 radical (unpaired) electrons. The van der Waals surface area contributed by atoms with Gasteiger partial charge in [-0.2, -0.15) is 8.42 Å². The van der Waals surface area contributed by atoms with Crippen LogP contribution in [-0.4, -0.2) is 52.8 Å². The molecule has 0 aliphatic rings. The summed E-state index contributed by atoms with van der Waals surface area (Å²) in [6.45, 7) is 2.45. The summed E-state index contributed by atoms with van der Waals surface area (Å²) in [7, 11) is -3.89. The van der Waals surface area contributed by atoms with Gasteiger partial charge in [0.15, 0.2) is 0 Å². The monoisotopic (exact) mass is 396 g/mol.